The molecule has 32 heavy (non-hydrogen) atoms. The standard InChI is InChI=1S/C23H23FN6O2/c1-14(15-5-7-17(24)8-6-15)27-20(31)18-12-30(13-26-18)19-11-16(9-10-25-19)21-28-22(29-32-21)23(2,3)4/h5-14H,1-4H3,(H,27,31). The minimum atomic E-state index is -0.344. The smallest absolute Gasteiger partial charge is 0.271 e. The van der Waals surface area contributed by atoms with E-state index in [1.165, 1.54) is 18.5 Å². The minimum absolute atomic E-state index is 0.227. The molecule has 4 aromatic rings. The number of rotatable bonds is 5. The molecule has 164 valence electrons. The van der Waals surface area contributed by atoms with E-state index in [0.29, 0.717) is 23.1 Å². The van der Waals surface area contributed by atoms with Crippen LogP contribution < -0.4 is 5.32 Å². The molecule has 3 heterocycles. The van der Waals surface area contributed by atoms with Gasteiger partial charge in [0.05, 0.1) is 6.04 Å². The number of pyridine rings is 1. The molecule has 1 unspecified atom stereocenters. The summed E-state index contributed by atoms with van der Waals surface area (Å²) in [5.41, 5.74) is 1.51. The zero-order chi connectivity index (χ0) is 22.9. The molecule has 0 fully saturated rings. The number of carbonyl (C=O) groups is 1. The van der Waals surface area contributed by atoms with Crippen molar-refractivity contribution in [1.29, 1.82) is 0 Å². The molecule has 0 aliphatic rings. The van der Waals surface area contributed by atoms with Gasteiger partial charge in [-0.25, -0.2) is 14.4 Å². The summed E-state index contributed by atoms with van der Waals surface area (Å²) in [5.74, 6) is 0.892. The minimum Gasteiger partial charge on any atom is -0.344 e. The van der Waals surface area contributed by atoms with Crippen molar-refractivity contribution in [1.82, 2.24) is 30.0 Å². The van der Waals surface area contributed by atoms with Crippen LogP contribution in [0.4, 0.5) is 4.39 Å². The van der Waals surface area contributed by atoms with Gasteiger partial charge in [0.25, 0.3) is 11.8 Å². The lowest BCUT2D eigenvalue weighted by Crippen LogP contribution is -2.26. The van der Waals surface area contributed by atoms with Crippen molar-refractivity contribution in [3.63, 3.8) is 0 Å². The molecule has 9 heteroatoms. The monoisotopic (exact) mass is 434 g/mol. The molecular formula is C23H23FN6O2. The van der Waals surface area contributed by atoms with Gasteiger partial charge in [0, 0.05) is 23.4 Å². The van der Waals surface area contributed by atoms with Crippen molar-refractivity contribution >= 4 is 5.91 Å². The van der Waals surface area contributed by atoms with Crippen molar-refractivity contribution in [2.75, 3.05) is 0 Å². The fraction of sp³-hybridized carbons (Fsp3) is 0.261. The van der Waals surface area contributed by atoms with Gasteiger partial charge >= 0.3 is 0 Å². The first-order valence-corrected chi connectivity index (χ1v) is 10.1. The summed E-state index contributed by atoms with van der Waals surface area (Å²) in [6, 6.07) is 9.25. The normalized spacial score (nSPS) is 12.5. The number of imidazole rings is 1. The molecule has 1 amide bonds. The van der Waals surface area contributed by atoms with Gasteiger partial charge in [-0.3, -0.25) is 9.36 Å². The van der Waals surface area contributed by atoms with Crippen LogP contribution >= 0.6 is 0 Å². The van der Waals surface area contributed by atoms with Gasteiger partial charge in [0.15, 0.2) is 5.82 Å². The highest BCUT2D eigenvalue weighted by molar-refractivity contribution is 5.92. The zero-order valence-corrected chi connectivity index (χ0v) is 18.2. The Balaban J connectivity index is 1.51. The topological polar surface area (TPSA) is 98.7 Å². The second kappa shape index (κ2) is 8.33. The van der Waals surface area contributed by atoms with Gasteiger partial charge in [-0.05, 0) is 36.8 Å². The predicted molar refractivity (Wildman–Crippen MR) is 116 cm³/mol. The molecule has 0 radical (unpaired) electrons. The van der Waals surface area contributed by atoms with Gasteiger partial charge in [-0.15, -0.1) is 0 Å². The van der Waals surface area contributed by atoms with E-state index in [0.717, 1.165) is 5.56 Å². The summed E-state index contributed by atoms with van der Waals surface area (Å²) in [7, 11) is 0. The zero-order valence-electron chi connectivity index (χ0n) is 18.2. The molecule has 0 spiro atoms. The number of hydrogen-bond donors (Lipinski definition) is 1. The largest absolute Gasteiger partial charge is 0.344 e. The Morgan fingerprint density at radius 1 is 1.16 bits per heavy atom. The lowest BCUT2D eigenvalue weighted by atomic mass is 9.96. The van der Waals surface area contributed by atoms with Crippen molar-refractivity contribution in [2.45, 2.75) is 39.2 Å². The van der Waals surface area contributed by atoms with E-state index in [9.17, 15) is 9.18 Å². The molecule has 0 saturated heterocycles. The number of aromatic nitrogens is 5. The Morgan fingerprint density at radius 2 is 1.91 bits per heavy atom. The van der Waals surface area contributed by atoms with Crippen molar-refractivity contribution in [2.24, 2.45) is 0 Å². The van der Waals surface area contributed by atoms with Crippen LogP contribution in [0.5, 0.6) is 0 Å². The fourth-order valence-corrected chi connectivity index (χ4v) is 3.01. The number of amides is 1. The Morgan fingerprint density at radius 3 is 2.59 bits per heavy atom. The molecule has 4 rings (SSSR count). The maximum atomic E-state index is 13.1. The van der Waals surface area contributed by atoms with Crippen LogP contribution in [-0.2, 0) is 5.41 Å². The summed E-state index contributed by atoms with van der Waals surface area (Å²) >= 11 is 0. The number of benzene rings is 1. The summed E-state index contributed by atoms with van der Waals surface area (Å²) in [6.07, 6.45) is 4.73. The molecule has 0 aliphatic heterocycles. The number of nitrogens with one attached hydrogen (secondary N) is 1. The van der Waals surface area contributed by atoms with Crippen molar-refractivity contribution < 1.29 is 13.7 Å². The third-order valence-electron chi connectivity index (χ3n) is 4.89. The SMILES string of the molecule is CC(NC(=O)c1cn(-c2cc(-c3nc(C(C)(C)C)no3)ccn2)cn1)c1ccc(F)cc1. The van der Waals surface area contributed by atoms with Gasteiger partial charge < -0.3 is 9.84 Å². The van der Waals surface area contributed by atoms with Crippen LogP contribution in [0.2, 0.25) is 0 Å². The molecule has 3 aromatic heterocycles. The van der Waals surface area contributed by atoms with Crippen LogP contribution in [0.1, 0.15) is 55.6 Å². The van der Waals surface area contributed by atoms with Crippen molar-refractivity contribution in [3.05, 3.63) is 78.0 Å². The third kappa shape index (κ3) is 4.56. The number of halogens is 1. The van der Waals surface area contributed by atoms with Crippen molar-refractivity contribution in [3.8, 4) is 17.3 Å². The molecule has 1 N–H and O–H groups in total. The second-order valence-corrected chi connectivity index (χ2v) is 8.49. The van der Waals surface area contributed by atoms with E-state index in [-0.39, 0.29) is 28.9 Å². The quantitative estimate of drug-likeness (QED) is 0.504. The Bertz CT molecular complexity index is 1240. The Kier molecular flexibility index (Phi) is 5.56. The molecule has 1 aromatic carbocycles. The van der Waals surface area contributed by atoms with Crippen LogP contribution in [-0.4, -0.2) is 30.6 Å². The first-order chi connectivity index (χ1) is 15.2. The van der Waals surface area contributed by atoms with Crippen LogP contribution in [0.25, 0.3) is 17.3 Å². The number of hydrogen-bond acceptors (Lipinski definition) is 6. The van der Waals surface area contributed by atoms with Gasteiger partial charge in [-0.2, -0.15) is 4.98 Å². The first kappa shape index (κ1) is 21.4. The maximum absolute atomic E-state index is 13.1. The Hall–Kier alpha value is -3.88. The summed E-state index contributed by atoms with van der Waals surface area (Å²) in [6.45, 7) is 7.85. The first-order valence-electron chi connectivity index (χ1n) is 10.1. The van der Waals surface area contributed by atoms with E-state index in [2.05, 4.69) is 25.4 Å². The molecule has 8 nitrogen and oxygen atoms in total. The van der Waals surface area contributed by atoms with E-state index < -0.39 is 0 Å². The number of nitrogens with zero attached hydrogens (tertiary/aromatic N) is 5. The third-order valence-corrected chi connectivity index (χ3v) is 4.89. The van der Waals surface area contributed by atoms with Gasteiger partial charge in [0.2, 0.25) is 0 Å². The lowest BCUT2D eigenvalue weighted by molar-refractivity contribution is 0.0935. The van der Waals surface area contributed by atoms with Gasteiger partial charge in [0.1, 0.15) is 23.7 Å². The summed E-state index contributed by atoms with van der Waals surface area (Å²) in [4.78, 5) is 25.6. The average molecular weight is 434 g/mol. The lowest BCUT2D eigenvalue weighted by Gasteiger charge is -2.13. The van der Waals surface area contributed by atoms with E-state index in [1.807, 2.05) is 27.7 Å². The molecule has 0 bridgehead atoms. The fourth-order valence-electron chi connectivity index (χ4n) is 3.01. The van der Waals surface area contributed by atoms with Crippen LogP contribution in [0.15, 0.2) is 59.6 Å². The summed E-state index contributed by atoms with van der Waals surface area (Å²) in [5, 5.41) is 6.91. The van der Waals surface area contributed by atoms with Crippen LogP contribution in [0, 0.1) is 5.82 Å². The van der Waals surface area contributed by atoms with Crippen LogP contribution in [0.3, 0.4) is 0 Å². The molecule has 0 saturated carbocycles. The maximum Gasteiger partial charge on any atom is 0.271 e. The van der Waals surface area contributed by atoms with E-state index >= 15 is 0 Å². The predicted octanol–water partition coefficient (Wildman–Crippen LogP) is 4.24. The highest BCUT2D eigenvalue weighted by Crippen LogP contribution is 2.24. The highest BCUT2D eigenvalue weighted by Gasteiger charge is 2.22. The number of carbonyl (C=O) groups excluding carboxylic acids is 1. The molecule has 1 atom stereocenters. The summed E-state index contributed by atoms with van der Waals surface area (Å²) < 4.78 is 20.2. The molecule has 0 aliphatic carbocycles. The van der Waals surface area contributed by atoms with E-state index in [1.54, 1.807) is 41.2 Å². The van der Waals surface area contributed by atoms with Gasteiger partial charge in [-0.1, -0.05) is 38.1 Å². The highest BCUT2D eigenvalue weighted by atomic mass is 19.1. The average Bonchev–Trinajstić information content (AvgIpc) is 3.44. The Labute approximate surface area is 184 Å². The second-order valence-electron chi connectivity index (χ2n) is 8.49. The molecular weight excluding hydrogens is 411 g/mol. The van der Waals surface area contributed by atoms with E-state index in [4.69, 9.17) is 4.52 Å².